The van der Waals surface area contributed by atoms with Gasteiger partial charge in [-0.1, -0.05) is 28.1 Å². The first-order chi connectivity index (χ1) is 10.4. The van der Waals surface area contributed by atoms with Crippen LogP contribution in [0.5, 0.6) is 0 Å². The normalized spacial score (nSPS) is 14.1. The second kappa shape index (κ2) is 7.17. The molecule has 0 spiro atoms. The van der Waals surface area contributed by atoms with Crippen molar-refractivity contribution in [1.29, 1.82) is 0 Å². The second-order valence-electron chi connectivity index (χ2n) is 5.40. The van der Waals surface area contributed by atoms with Crippen LogP contribution in [0.1, 0.15) is 26.3 Å². The standard InChI is InChI=1S/C16H20BrN3O2/c1-4-22-16(2,3)15(21)14(20-11-18-10-19-20)9-12-5-7-13(17)8-6-12/h5-11,15,21H,4H2,1-3H3/b14-9+. The molecule has 118 valence electrons. The third-order valence-electron chi connectivity index (χ3n) is 3.32. The topological polar surface area (TPSA) is 60.2 Å². The number of aliphatic hydroxyl groups excluding tert-OH is 1. The van der Waals surface area contributed by atoms with Gasteiger partial charge in [0.15, 0.2) is 0 Å². The third kappa shape index (κ3) is 4.03. The van der Waals surface area contributed by atoms with Gasteiger partial charge in [-0.15, -0.1) is 0 Å². The van der Waals surface area contributed by atoms with Gasteiger partial charge < -0.3 is 9.84 Å². The minimum atomic E-state index is -0.849. The summed E-state index contributed by atoms with van der Waals surface area (Å²) < 4.78 is 8.23. The van der Waals surface area contributed by atoms with Crippen molar-refractivity contribution < 1.29 is 9.84 Å². The molecule has 2 aromatic rings. The summed E-state index contributed by atoms with van der Waals surface area (Å²) in [6.07, 6.45) is 4.04. The Bertz CT molecular complexity index is 621. The van der Waals surface area contributed by atoms with Gasteiger partial charge in [0.2, 0.25) is 0 Å². The average molecular weight is 366 g/mol. The lowest BCUT2D eigenvalue weighted by Gasteiger charge is -2.31. The monoisotopic (exact) mass is 365 g/mol. The molecule has 1 atom stereocenters. The Balaban J connectivity index is 2.41. The molecular weight excluding hydrogens is 346 g/mol. The molecule has 0 aliphatic heterocycles. The van der Waals surface area contributed by atoms with Gasteiger partial charge in [0.1, 0.15) is 18.8 Å². The van der Waals surface area contributed by atoms with Gasteiger partial charge in [0, 0.05) is 11.1 Å². The van der Waals surface area contributed by atoms with E-state index in [9.17, 15) is 5.11 Å². The fourth-order valence-electron chi connectivity index (χ4n) is 2.15. The van der Waals surface area contributed by atoms with Gasteiger partial charge in [-0.25, -0.2) is 9.67 Å². The Kier molecular flexibility index (Phi) is 5.50. The highest BCUT2D eigenvalue weighted by atomic mass is 79.9. The van der Waals surface area contributed by atoms with E-state index in [1.54, 1.807) is 11.0 Å². The summed E-state index contributed by atoms with van der Waals surface area (Å²) in [6.45, 7) is 6.13. The van der Waals surface area contributed by atoms with Gasteiger partial charge in [-0.3, -0.25) is 0 Å². The average Bonchev–Trinajstić information content (AvgIpc) is 3.00. The third-order valence-corrected chi connectivity index (χ3v) is 3.85. The lowest BCUT2D eigenvalue weighted by atomic mass is 9.97. The van der Waals surface area contributed by atoms with Crippen LogP contribution >= 0.6 is 15.9 Å². The van der Waals surface area contributed by atoms with Gasteiger partial charge in [0.25, 0.3) is 0 Å². The lowest BCUT2D eigenvalue weighted by Crippen LogP contribution is -2.41. The molecule has 0 fully saturated rings. The van der Waals surface area contributed by atoms with Crippen LogP contribution in [0.15, 0.2) is 41.4 Å². The van der Waals surface area contributed by atoms with Gasteiger partial charge >= 0.3 is 0 Å². The predicted octanol–water partition coefficient (Wildman–Crippen LogP) is 3.21. The Hall–Kier alpha value is -1.50. The van der Waals surface area contributed by atoms with Gasteiger partial charge in [-0.05, 0) is 44.5 Å². The largest absolute Gasteiger partial charge is 0.384 e. The molecule has 0 radical (unpaired) electrons. The van der Waals surface area contributed by atoms with Crippen molar-refractivity contribution in [3.8, 4) is 0 Å². The zero-order valence-electron chi connectivity index (χ0n) is 12.9. The first-order valence-electron chi connectivity index (χ1n) is 7.08. The zero-order valence-corrected chi connectivity index (χ0v) is 14.5. The van der Waals surface area contributed by atoms with Crippen LogP contribution in [0.25, 0.3) is 11.8 Å². The summed E-state index contributed by atoms with van der Waals surface area (Å²) in [5.74, 6) is 0. The van der Waals surface area contributed by atoms with Gasteiger partial charge in [0.05, 0.1) is 11.3 Å². The summed E-state index contributed by atoms with van der Waals surface area (Å²) in [5.41, 5.74) is 0.834. The lowest BCUT2D eigenvalue weighted by molar-refractivity contribution is -0.0753. The smallest absolute Gasteiger partial charge is 0.138 e. The van der Waals surface area contributed by atoms with E-state index in [0.717, 1.165) is 10.0 Å². The van der Waals surface area contributed by atoms with E-state index in [0.29, 0.717) is 12.3 Å². The summed E-state index contributed by atoms with van der Waals surface area (Å²) in [4.78, 5) is 3.96. The fraction of sp³-hybridized carbons (Fsp3) is 0.375. The molecule has 6 heteroatoms. The molecule has 0 saturated heterocycles. The molecule has 1 aromatic carbocycles. The van der Waals surface area contributed by atoms with E-state index in [4.69, 9.17) is 4.74 Å². The maximum absolute atomic E-state index is 10.8. The molecule has 0 aliphatic carbocycles. The van der Waals surface area contributed by atoms with Crippen molar-refractivity contribution in [2.45, 2.75) is 32.5 Å². The van der Waals surface area contributed by atoms with E-state index in [-0.39, 0.29) is 0 Å². The molecule has 1 unspecified atom stereocenters. The second-order valence-corrected chi connectivity index (χ2v) is 6.32. The van der Waals surface area contributed by atoms with E-state index >= 15 is 0 Å². The fourth-order valence-corrected chi connectivity index (χ4v) is 2.41. The number of nitrogens with zero attached hydrogens (tertiary/aromatic N) is 3. The number of benzene rings is 1. The SMILES string of the molecule is CCOC(C)(C)C(O)/C(=C\c1ccc(Br)cc1)n1cncn1. The number of halogens is 1. The molecule has 0 saturated carbocycles. The van der Waals surface area contributed by atoms with Gasteiger partial charge in [-0.2, -0.15) is 5.10 Å². The predicted molar refractivity (Wildman–Crippen MR) is 90.0 cm³/mol. The number of aromatic nitrogens is 3. The first kappa shape index (κ1) is 16.9. The number of aliphatic hydroxyl groups is 1. The molecule has 1 heterocycles. The van der Waals surface area contributed by atoms with Crippen molar-refractivity contribution in [3.05, 3.63) is 47.0 Å². The van der Waals surface area contributed by atoms with Crippen molar-refractivity contribution in [2.24, 2.45) is 0 Å². The maximum Gasteiger partial charge on any atom is 0.138 e. The summed E-state index contributed by atoms with van der Waals surface area (Å²) in [6, 6.07) is 7.82. The zero-order chi connectivity index (χ0) is 16.2. The summed E-state index contributed by atoms with van der Waals surface area (Å²) in [5, 5.41) is 14.9. The molecule has 2 rings (SSSR count). The highest BCUT2D eigenvalue weighted by molar-refractivity contribution is 9.10. The number of hydrogen-bond acceptors (Lipinski definition) is 4. The molecule has 22 heavy (non-hydrogen) atoms. The van der Waals surface area contributed by atoms with E-state index in [1.165, 1.54) is 6.33 Å². The van der Waals surface area contributed by atoms with Crippen LogP contribution in [-0.2, 0) is 4.74 Å². The van der Waals surface area contributed by atoms with Crippen molar-refractivity contribution in [1.82, 2.24) is 14.8 Å². The van der Waals surface area contributed by atoms with Crippen LogP contribution < -0.4 is 0 Å². The van der Waals surface area contributed by atoms with Crippen LogP contribution in [-0.4, -0.2) is 38.2 Å². The van der Waals surface area contributed by atoms with E-state index in [2.05, 4.69) is 26.0 Å². The molecule has 0 amide bonds. The minimum absolute atomic E-state index is 0.521. The van der Waals surface area contributed by atoms with E-state index < -0.39 is 11.7 Å². The number of rotatable bonds is 6. The number of ether oxygens (including phenoxy) is 1. The minimum Gasteiger partial charge on any atom is -0.384 e. The first-order valence-corrected chi connectivity index (χ1v) is 7.87. The summed E-state index contributed by atoms with van der Waals surface area (Å²) >= 11 is 3.41. The van der Waals surface area contributed by atoms with Crippen molar-refractivity contribution in [2.75, 3.05) is 6.61 Å². The molecule has 0 bridgehead atoms. The quantitative estimate of drug-likeness (QED) is 0.853. The maximum atomic E-state index is 10.8. The Morgan fingerprint density at radius 1 is 1.41 bits per heavy atom. The van der Waals surface area contributed by atoms with Crippen molar-refractivity contribution >= 4 is 27.7 Å². The van der Waals surface area contributed by atoms with E-state index in [1.807, 2.05) is 51.1 Å². The Morgan fingerprint density at radius 3 is 2.64 bits per heavy atom. The van der Waals surface area contributed by atoms with Crippen LogP contribution in [0.4, 0.5) is 0 Å². The highest BCUT2D eigenvalue weighted by Gasteiger charge is 2.32. The summed E-state index contributed by atoms with van der Waals surface area (Å²) in [7, 11) is 0. The molecule has 5 nitrogen and oxygen atoms in total. The Morgan fingerprint density at radius 2 is 2.09 bits per heavy atom. The molecule has 1 N–H and O–H groups in total. The van der Waals surface area contributed by atoms with Crippen LogP contribution in [0, 0.1) is 0 Å². The molecule has 0 aliphatic rings. The highest BCUT2D eigenvalue weighted by Crippen LogP contribution is 2.26. The van der Waals surface area contributed by atoms with Crippen LogP contribution in [0.3, 0.4) is 0 Å². The van der Waals surface area contributed by atoms with Crippen LogP contribution in [0.2, 0.25) is 0 Å². The van der Waals surface area contributed by atoms with Crippen molar-refractivity contribution in [3.63, 3.8) is 0 Å². The molecular formula is C16H20BrN3O2. The number of hydrogen-bond donors (Lipinski definition) is 1. The Labute approximate surface area is 138 Å². The molecule has 1 aromatic heterocycles.